The molecule has 0 bridgehead atoms. The number of fused-ring (bicyclic) bond motifs is 2. The van der Waals surface area contributed by atoms with Crippen molar-refractivity contribution in [2.75, 3.05) is 12.1 Å². The first-order valence-corrected chi connectivity index (χ1v) is 7.73. The SMILES string of the molecule is O=C(Nc1ccc2c(c1)OCO2)Oc1coc2c1C(=O)CCCC2. The van der Waals surface area contributed by atoms with Crippen LogP contribution in [0.25, 0.3) is 0 Å². The number of rotatable bonds is 2. The van der Waals surface area contributed by atoms with Gasteiger partial charge in [0, 0.05) is 24.6 Å². The minimum atomic E-state index is -0.700. The molecule has 7 nitrogen and oxygen atoms in total. The number of anilines is 1. The zero-order valence-electron chi connectivity index (χ0n) is 12.8. The number of carbonyl (C=O) groups excluding carboxylic acids is 2. The number of amides is 1. The van der Waals surface area contributed by atoms with E-state index < -0.39 is 6.09 Å². The summed E-state index contributed by atoms with van der Waals surface area (Å²) >= 11 is 0. The van der Waals surface area contributed by atoms with Crippen LogP contribution >= 0.6 is 0 Å². The smallest absolute Gasteiger partial charge is 0.417 e. The Kier molecular flexibility index (Phi) is 3.60. The van der Waals surface area contributed by atoms with Gasteiger partial charge < -0.3 is 18.6 Å². The second-order valence-corrected chi connectivity index (χ2v) is 5.61. The van der Waals surface area contributed by atoms with Gasteiger partial charge in [-0.2, -0.15) is 0 Å². The maximum absolute atomic E-state index is 12.2. The summed E-state index contributed by atoms with van der Waals surface area (Å²) in [5.74, 6) is 1.88. The molecule has 24 heavy (non-hydrogen) atoms. The summed E-state index contributed by atoms with van der Waals surface area (Å²) in [6, 6.07) is 5.02. The molecule has 2 aromatic rings. The normalized spacial score (nSPS) is 15.6. The molecule has 1 aromatic heterocycles. The van der Waals surface area contributed by atoms with E-state index in [0.29, 0.717) is 41.4 Å². The number of hydrogen-bond acceptors (Lipinski definition) is 6. The predicted molar refractivity (Wildman–Crippen MR) is 82.8 cm³/mol. The van der Waals surface area contributed by atoms with Gasteiger partial charge in [0.25, 0.3) is 0 Å². The minimum absolute atomic E-state index is 0.0536. The van der Waals surface area contributed by atoms with Gasteiger partial charge in [-0.1, -0.05) is 0 Å². The molecule has 4 rings (SSSR count). The Morgan fingerprint density at radius 2 is 1.96 bits per heavy atom. The fourth-order valence-corrected chi connectivity index (χ4v) is 2.85. The fraction of sp³-hybridized carbons (Fsp3) is 0.294. The Balaban J connectivity index is 1.49. The Bertz CT molecular complexity index is 809. The van der Waals surface area contributed by atoms with Crippen molar-refractivity contribution in [3.8, 4) is 17.2 Å². The van der Waals surface area contributed by atoms with Crippen molar-refractivity contribution >= 4 is 17.6 Å². The van der Waals surface area contributed by atoms with Crippen molar-refractivity contribution in [1.29, 1.82) is 0 Å². The maximum Gasteiger partial charge on any atom is 0.417 e. The third kappa shape index (κ3) is 2.68. The van der Waals surface area contributed by atoms with Crippen LogP contribution in [0.4, 0.5) is 10.5 Å². The second kappa shape index (κ2) is 5.92. The molecule has 0 saturated carbocycles. The summed E-state index contributed by atoms with van der Waals surface area (Å²) in [4.78, 5) is 24.3. The van der Waals surface area contributed by atoms with E-state index in [4.69, 9.17) is 18.6 Å². The summed E-state index contributed by atoms with van der Waals surface area (Å²) in [5.41, 5.74) is 0.887. The maximum atomic E-state index is 12.2. The summed E-state index contributed by atoms with van der Waals surface area (Å²) in [6.45, 7) is 0.159. The molecule has 0 unspecified atom stereocenters. The molecular formula is C17H15NO6. The minimum Gasteiger partial charge on any atom is -0.465 e. The molecule has 0 saturated heterocycles. The molecule has 1 aliphatic carbocycles. The van der Waals surface area contributed by atoms with Crippen LogP contribution in [0.5, 0.6) is 17.2 Å². The number of aryl methyl sites for hydroxylation is 1. The summed E-state index contributed by atoms with van der Waals surface area (Å²) in [5, 5.41) is 2.60. The largest absolute Gasteiger partial charge is 0.465 e. The Morgan fingerprint density at radius 3 is 2.88 bits per heavy atom. The van der Waals surface area contributed by atoms with E-state index in [1.807, 2.05) is 0 Å². The third-order valence-corrected chi connectivity index (χ3v) is 3.99. The monoisotopic (exact) mass is 329 g/mol. The molecule has 1 aromatic carbocycles. The lowest BCUT2D eigenvalue weighted by Crippen LogP contribution is -2.17. The lowest BCUT2D eigenvalue weighted by molar-refractivity contribution is 0.0979. The van der Waals surface area contributed by atoms with Gasteiger partial charge in [-0.3, -0.25) is 10.1 Å². The van der Waals surface area contributed by atoms with E-state index in [9.17, 15) is 9.59 Å². The predicted octanol–water partition coefficient (Wildman–Crippen LogP) is 3.53. The standard InChI is InChI=1S/C17H15NO6/c19-11-3-1-2-4-13-16(11)15(8-21-13)24-17(20)18-10-5-6-12-14(7-10)23-9-22-12/h5-8H,1-4,9H2,(H,18,20). The van der Waals surface area contributed by atoms with Crippen LogP contribution in [-0.4, -0.2) is 18.7 Å². The molecule has 1 aliphatic heterocycles. The van der Waals surface area contributed by atoms with Crippen LogP contribution < -0.4 is 19.5 Å². The van der Waals surface area contributed by atoms with Gasteiger partial charge in [0.15, 0.2) is 23.0 Å². The molecular weight excluding hydrogens is 314 g/mol. The van der Waals surface area contributed by atoms with E-state index in [1.54, 1.807) is 18.2 Å². The van der Waals surface area contributed by atoms with Crippen molar-refractivity contribution in [3.05, 3.63) is 35.8 Å². The highest BCUT2D eigenvalue weighted by atomic mass is 16.7. The van der Waals surface area contributed by atoms with Gasteiger partial charge in [-0.15, -0.1) is 0 Å². The van der Waals surface area contributed by atoms with Crippen LogP contribution in [-0.2, 0) is 6.42 Å². The van der Waals surface area contributed by atoms with Gasteiger partial charge in [0.1, 0.15) is 17.6 Å². The van der Waals surface area contributed by atoms with Crippen LogP contribution in [0, 0.1) is 0 Å². The topological polar surface area (TPSA) is 87.0 Å². The van der Waals surface area contributed by atoms with Crippen LogP contribution in [0.15, 0.2) is 28.9 Å². The summed E-state index contributed by atoms with van der Waals surface area (Å²) in [6.07, 6.45) is 3.42. The Hall–Kier alpha value is -2.96. The molecule has 0 radical (unpaired) electrons. The summed E-state index contributed by atoms with van der Waals surface area (Å²) in [7, 11) is 0. The van der Waals surface area contributed by atoms with E-state index in [0.717, 1.165) is 12.8 Å². The van der Waals surface area contributed by atoms with Gasteiger partial charge in [-0.05, 0) is 25.0 Å². The van der Waals surface area contributed by atoms with E-state index in [2.05, 4.69) is 5.32 Å². The van der Waals surface area contributed by atoms with Crippen molar-refractivity contribution < 1.29 is 28.2 Å². The van der Waals surface area contributed by atoms with Gasteiger partial charge in [-0.25, -0.2) is 4.79 Å². The van der Waals surface area contributed by atoms with Crippen LogP contribution in [0.3, 0.4) is 0 Å². The highest BCUT2D eigenvalue weighted by Gasteiger charge is 2.25. The number of hydrogen-bond donors (Lipinski definition) is 1. The highest BCUT2D eigenvalue weighted by molar-refractivity contribution is 6.01. The van der Waals surface area contributed by atoms with Crippen molar-refractivity contribution in [2.45, 2.75) is 25.7 Å². The van der Waals surface area contributed by atoms with E-state index in [-0.39, 0.29) is 18.3 Å². The molecule has 0 fully saturated rings. The molecule has 2 aliphatic rings. The zero-order valence-corrected chi connectivity index (χ0v) is 12.8. The molecule has 124 valence electrons. The molecule has 1 amide bonds. The number of nitrogens with one attached hydrogen (secondary N) is 1. The average Bonchev–Trinajstić information content (AvgIpc) is 3.13. The van der Waals surface area contributed by atoms with Crippen molar-refractivity contribution in [3.63, 3.8) is 0 Å². The number of Topliss-reactive ketones (excluding diaryl/α,β-unsaturated/α-hetero) is 1. The van der Waals surface area contributed by atoms with Crippen LogP contribution in [0.2, 0.25) is 0 Å². The molecule has 0 atom stereocenters. The van der Waals surface area contributed by atoms with E-state index >= 15 is 0 Å². The van der Waals surface area contributed by atoms with E-state index in [1.165, 1.54) is 6.26 Å². The number of carbonyl (C=O) groups is 2. The molecule has 2 heterocycles. The Labute approximate surface area is 137 Å². The zero-order chi connectivity index (χ0) is 16.5. The average molecular weight is 329 g/mol. The number of ketones is 1. The lowest BCUT2D eigenvalue weighted by atomic mass is 10.1. The first kappa shape index (κ1) is 14.6. The quantitative estimate of drug-likeness (QED) is 0.848. The van der Waals surface area contributed by atoms with Gasteiger partial charge in [0.2, 0.25) is 6.79 Å². The second-order valence-electron chi connectivity index (χ2n) is 5.61. The first-order chi connectivity index (χ1) is 11.7. The molecule has 1 N–H and O–H groups in total. The number of furan rings is 1. The Morgan fingerprint density at radius 1 is 1.12 bits per heavy atom. The summed E-state index contributed by atoms with van der Waals surface area (Å²) < 4.78 is 21.1. The highest BCUT2D eigenvalue weighted by Crippen LogP contribution is 2.35. The third-order valence-electron chi connectivity index (χ3n) is 3.99. The molecule has 0 spiro atoms. The molecule has 7 heteroatoms. The van der Waals surface area contributed by atoms with Gasteiger partial charge in [0.05, 0.1) is 0 Å². The first-order valence-electron chi connectivity index (χ1n) is 7.73. The lowest BCUT2D eigenvalue weighted by Gasteiger charge is -2.07. The number of benzene rings is 1. The fourth-order valence-electron chi connectivity index (χ4n) is 2.85. The van der Waals surface area contributed by atoms with Crippen LogP contribution in [0.1, 0.15) is 35.4 Å². The van der Waals surface area contributed by atoms with Crippen molar-refractivity contribution in [1.82, 2.24) is 0 Å². The number of ether oxygens (including phenoxy) is 3. The van der Waals surface area contributed by atoms with Gasteiger partial charge >= 0.3 is 6.09 Å². The van der Waals surface area contributed by atoms with Crippen molar-refractivity contribution in [2.24, 2.45) is 0 Å².